The van der Waals surface area contributed by atoms with E-state index in [0.29, 0.717) is 17.8 Å². The molecule has 0 bridgehead atoms. The van der Waals surface area contributed by atoms with Crippen LogP contribution < -0.4 is 10.1 Å². The quantitative estimate of drug-likeness (QED) is 0.779. The number of aromatic nitrogens is 2. The number of Topliss-reactive ketones (excluding diaryl/α,β-unsaturated/α-hetero) is 1. The zero-order valence-corrected chi connectivity index (χ0v) is 14.0. The molecule has 1 N–H and O–H groups in total. The highest BCUT2D eigenvalue weighted by Crippen LogP contribution is 2.32. The first-order valence-corrected chi connectivity index (χ1v) is 8.38. The number of nitrogens with one attached hydrogen (secondary N) is 1. The minimum atomic E-state index is 0.147. The second-order valence-electron chi connectivity index (χ2n) is 6.05. The Labute approximate surface area is 146 Å². The number of hydrogen-bond donors (Lipinski definition) is 1. The average Bonchev–Trinajstić information content (AvgIpc) is 3.02. The van der Waals surface area contributed by atoms with Crippen LogP contribution in [-0.4, -0.2) is 22.7 Å². The maximum absolute atomic E-state index is 12.5. The van der Waals surface area contributed by atoms with Gasteiger partial charge >= 0.3 is 0 Å². The number of methoxy groups -OCH3 is 1. The molecule has 0 fully saturated rings. The van der Waals surface area contributed by atoms with Gasteiger partial charge in [0.15, 0.2) is 11.6 Å². The molecule has 0 spiro atoms. The lowest BCUT2D eigenvalue weighted by molar-refractivity contribution is 0.0973. The summed E-state index contributed by atoms with van der Waals surface area (Å²) in [6.07, 6.45) is 2.28. The van der Waals surface area contributed by atoms with E-state index in [-0.39, 0.29) is 5.78 Å². The van der Waals surface area contributed by atoms with E-state index < -0.39 is 0 Å². The molecule has 1 aromatic heterocycles. The number of hydrogen-bond acceptors (Lipinski definition) is 4. The number of nitrogens with zero attached hydrogens (tertiary/aromatic N) is 2. The lowest BCUT2D eigenvalue weighted by Crippen LogP contribution is -2.13. The molecule has 2 aromatic carbocycles. The summed E-state index contributed by atoms with van der Waals surface area (Å²) in [6, 6.07) is 17.5. The summed E-state index contributed by atoms with van der Waals surface area (Å²) in [5.74, 6) is 1.51. The van der Waals surface area contributed by atoms with Gasteiger partial charge in [-0.15, -0.1) is 5.10 Å². The maximum atomic E-state index is 12.5. The molecule has 4 rings (SSSR count). The van der Waals surface area contributed by atoms with Crippen molar-refractivity contribution >= 4 is 17.3 Å². The van der Waals surface area contributed by atoms with Crippen molar-refractivity contribution in [3.63, 3.8) is 0 Å². The number of rotatable bonds is 4. The molecular formula is C20H19N3O2. The van der Waals surface area contributed by atoms with Gasteiger partial charge in [0.1, 0.15) is 5.75 Å². The lowest BCUT2D eigenvalue weighted by atomic mass is 9.95. The van der Waals surface area contributed by atoms with Crippen LogP contribution in [0.1, 0.15) is 28.9 Å². The van der Waals surface area contributed by atoms with E-state index in [1.165, 1.54) is 0 Å². The van der Waals surface area contributed by atoms with Gasteiger partial charge in [-0.25, -0.2) is 4.68 Å². The van der Waals surface area contributed by atoms with Crippen molar-refractivity contribution in [1.29, 1.82) is 0 Å². The van der Waals surface area contributed by atoms with Crippen molar-refractivity contribution < 1.29 is 9.53 Å². The number of anilines is 2. The number of ketones is 1. The standard InChI is InChI=1S/C20H19N3O2/c1-25-16-10-5-7-14(13-16)21-20-19-17(11-6-12-18(19)24)23(22-20)15-8-3-2-4-9-15/h2-5,7-10,13H,6,11-12H2,1H3,(H,21,22). The molecule has 0 aliphatic heterocycles. The van der Waals surface area contributed by atoms with Gasteiger partial charge in [0, 0.05) is 18.2 Å². The molecule has 3 aromatic rings. The van der Waals surface area contributed by atoms with Crippen LogP contribution >= 0.6 is 0 Å². The van der Waals surface area contributed by atoms with Gasteiger partial charge in [0.25, 0.3) is 0 Å². The highest BCUT2D eigenvalue weighted by molar-refractivity contribution is 6.03. The minimum absolute atomic E-state index is 0.147. The second-order valence-corrected chi connectivity index (χ2v) is 6.05. The van der Waals surface area contributed by atoms with E-state index in [1.807, 2.05) is 59.3 Å². The van der Waals surface area contributed by atoms with Crippen molar-refractivity contribution in [3.8, 4) is 11.4 Å². The maximum Gasteiger partial charge on any atom is 0.168 e. The van der Waals surface area contributed by atoms with Gasteiger partial charge in [-0.2, -0.15) is 0 Å². The molecule has 5 heteroatoms. The summed E-state index contributed by atoms with van der Waals surface area (Å²) in [4.78, 5) is 12.5. The molecule has 0 saturated carbocycles. The van der Waals surface area contributed by atoms with Crippen LogP contribution in [0.5, 0.6) is 5.75 Å². The average molecular weight is 333 g/mol. The third-order valence-electron chi connectivity index (χ3n) is 4.41. The molecule has 0 amide bonds. The molecule has 0 unspecified atom stereocenters. The molecule has 0 saturated heterocycles. The number of carbonyl (C=O) groups excluding carboxylic acids is 1. The summed E-state index contributed by atoms with van der Waals surface area (Å²) in [5.41, 5.74) is 3.50. The summed E-state index contributed by atoms with van der Waals surface area (Å²) in [7, 11) is 1.63. The molecule has 25 heavy (non-hydrogen) atoms. The van der Waals surface area contributed by atoms with Gasteiger partial charge in [-0.1, -0.05) is 24.3 Å². The Kier molecular flexibility index (Phi) is 3.98. The van der Waals surface area contributed by atoms with Crippen LogP contribution in [0.4, 0.5) is 11.5 Å². The van der Waals surface area contributed by atoms with Gasteiger partial charge in [0.2, 0.25) is 0 Å². The van der Waals surface area contributed by atoms with Crippen LogP contribution in [-0.2, 0) is 6.42 Å². The zero-order valence-electron chi connectivity index (χ0n) is 14.0. The van der Waals surface area contributed by atoms with Crippen molar-refractivity contribution in [2.45, 2.75) is 19.3 Å². The Morgan fingerprint density at radius 1 is 1.08 bits per heavy atom. The first-order valence-electron chi connectivity index (χ1n) is 8.38. The van der Waals surface area contributed by atoms with Gasteiger partial charge < -0.3 is 10.1 Å². The summed E-state index contributed by atoms with van der Waals surface area (Å²) >= 11 is 0. The molecule has 0 atom stereocenters. The van der Waals surface area contributed by atoms with Crippen LogP contribution in [0.3, 0.4) is 0 Å². The number of ether oxygens (including phenoxy) is 1. The van der Waals surface area contributed by atoms with Crippen molar-refractivity contribution in [1.82, 2.24) is 9.78 Å². The summed E-state index contributed by atoms with van der Waals surface area (Å²) in [5, 5.41) is 8.00. The van der Waals surface area contributed by atoms with Gasteiger partial charge in [-0.3, -0.25) is 4.79 Å². The molecule has 1 aliphatic carbocycles. The molecule has 1 heterocycles. The van der Waals surface area contributed by atoms with E-state index in [0.717, 1.165) is 35.7 Å². The molecule has 126 valence electrons. The SMILES string of the molecule is COc1cccc(Nc2nn(-c3ccccc3)c3c2C(=O)CCC3)c1. The van der Waals surface area contributed by atoms with Crippen molar-refractivity contribution in [2.75, 3.05) is 12.4 Å². The monoisotopic (exact) mass is 333 g/mol. The Balaban J connectivity index is 1.79. The van der Waals surface area contributed by atoms with Crippen LogP contribution in [0.2, 0.25) is 0 Å². The number of fused-ring (bicyclic) bond motifs is 1. The number of para-hydroxylation sites is 1. The molecule has 0 radical (unpaired) electrons. The fourth-order valence-electron chi connectivity index (χ4n) is 3.23. The highest BCUT2D eigenvalue weighted by Gasteiger charge is 2.27. The fraction of sp³-hybridized carbons (Fsp3) is 0.200. The Bertz CT molecular complexity index is 916. The fourth-order valence-corrected chi connectivity index (χ4v) is 3.23. The zero-order chi connectivity index (χ0) is 17.2. The van der Waals surface area contributed by atoms with Crippen LogP contribution in [0.25, 0.3) is 5.69 Å². The number of carbonyl (C=O) groups is 1. The third kappa shape index (κ3) is 2.89. The van der Waals surface area contributed by atoms with E-state index in [1.54, 1.807) is 7.11 Å². The number of benzene rings is 2. The highest BCUT2D eigenvalue weighted by atomic mass is 16.5. The smallest absolute Gasteiger partial charge is 0.168 e. The lowest BCUT2D eigenvalue weighted by Gasteiger charge is -2.13. The van der Waals surface area contributed by atoms with Gasteiger partial charge in [-0.05, 0) is 37.1 Å². The van der Waals surface area contributed by atoms with Gasteiger partial charge in [0.05, 0.1) is 24.1 Å². The van der Waals surface area contributed by atoms with Crippen molar-refractivity contribution in [3.05, 3.63) is 65.9 Å². The normalized spacial score (nSPS) is 13.4. The molecule has 1 aliphatic rings. The Morgan fingerprint density at radius 3 is 2.72 bits per heavy atom. The van der Waals surface area contributed by atoms with Crippen LogP contribution in [0.15, 0.2) is 54.6 Å². The second kappa shape index (κ2) is 6.43. The summed E-state index contributed by atoms with van der Waals surface area (Å²) in [6.45, 7) is 0. The molecule has 5 nitrogen and oxygen atoms in total. The molecular weight excluding hydrogens is 314 g/mol. The first kappa shape index (κ1) is 15.4. The minimum Gasteiger partial charge on any atom is -0.497 e. The first-order chi connectivity index (χ1) is 12.3. The van der Waals surface area contributed by atoms with E-state index in [4.69, 9.17) is 9.84 Å². The predicted molar refractivity (Wildman–Crippen MR) is 97.1 cm³/mol. The Hall–Kier alpha value is -3.08. The van der Waals surface area contributed by atoms with E-state index in [9.17, 15) is 4.79 Å². The predicted octanol–water partition coefficient (Wildman–Crippen LogP) is 4.14. The topological polar surface area (TPSA) is 56.1 Å². The Morgan fingerprint density at radius 2 is 1.92 bits per heavy atom. The third-order valence-corrected chi connectivity index (χ3v) is 4.41. The van der Waals surface area contributed by atoms with Crippen molar-refractivity contribution in [2.24, 2.45) is 0 Å². The largest absolute Gasteiger partial charge is 0.497 e. The van der Waals surface area contributed by atoms with E-state index >= 15 is 0 Å². The van der Waals surface area contributed by atoms with E-state index in [2.05, 4.69) is 5.32 Å². The van der Waals surface area contributed by atoms with Crippen LogP contribution in [0, 0.1) is 0 Å². The summed E-state index contributed by atoms with van der Waals surface area (Å²) < 4.78 is 7.15.